The van der Waals surface area contributed by atoms with Crippen LogP contribution in [0.2, 0.25) is 0 Å². The minimum Gasteiger partial charge on any atom is -0.312 e. The van der Waals surface area contributed by atoms with Gasteiger partial charge in [0.15, 0.2) is 0 Å². The summed E-state index contributed by atoms with van der Waals surface area (Å²) in [5, 5.41) is 3.57. The van der Waals surface area contributed by atoms with Crippen LogP contribution in [0.15, 0.2) is 0 Å². The molecule has 1 fully saturated rings. The summed E-state index contributed by atoms with van der Waals surface area (Å²) in [7, 11) is 2.24. The number of hydrogen-bond acceptors (Lipinski definition) is 2. The molecule has 0 radical (unpaired) electrons. The molecule has 1 rings (SSSR count). The highest BCUT2D eigenvalue weighted by molar-refractivity contribution is 4.83. The van der Waals surface area contributed by atoms with Crippen molar-refractivity contribution in [1.29, 1.82) is 0 Å². The van der Waals surface area contributed by atoms with Gasteiger partial charge in [-0.05, 0) is 39.3 Å². The van der Waals surface area contributed by atoms with Crippen LogP contribution < -0.4 is 5.32 Å². The molecule has 2 heteroatoms. The molecule has 0 aromatic heterocycles. The fourth-order valence-electron chi connectivity index (χ4n) is 1.95. The molecule has 13 heavy (non-hydrogen) atoms. The van der Waals surface area contributed by atoms with Crippen molar-refractivity contribution < 1.29 is 0 Å². The molecule has 1 N–H and O–H groups in total. The normalized spacial score (nSPS) is 31.2. The van der Waals surface area contributed by atoms with Crippen LogP contribution >= 0.6 is 0 Å². The average molecular weight is 184 g/mol. The summed E-state index contributed by atoms with van der Waals surface area (Å²) in [5.74, 6) is 0.853. The highest BCUT2D eigenvalue weighted by Crippen LogP contribution is 2.16. The lowest BCUT2D eigenvalue weighted by atomic mass is 10.0. The quantitative estimate of drug-likeness (QED) is 0.715. The summed E-state index contributed by atoms with van der Waals surface area (Å²) >= 11 is 0. The fourth-order valence-corrected chi connectivity index (χ4v) is 1.95. The first-order valence-corrected chi connectivity index (χ1v) is 5.58. The molecule has 0 aromatic carbocycles. The summed E-state index contributed by atoms with van der Waals surface area (Å²) in [6.45, 7) is 9.33. The zero-order chi connectivity index (χ0) is 9.84. The first-order valence-electron chi connectivity index (χ1n) is 5.58. The molecule has 0 aliphatic carbocycles. The van der Waals surface area contributed by atoms with Crippen molar-refractivity contribution in [2.24, 2.45) is 5.92 Å². The Morgan fingerprint density at radius 1 is 1.54 bits per heavy atom. The standard InChI is InChI=1S/C11H24N2/c1-5-10(3)13(4)8-11-9(2)6-7-12-11/h9-12H,5-8H2,1-4H3. The van der Waals surface area contributed by atoms with Crippen molar-refractivity contribution in [1.82, 2.24) is 10.2 Å². The van der Waals surface area contributed by atoms with E-state index < -0.39 is 0 Å². The first kappa shape index (κ1) is 11.0. The predicted molar refractivity (Wildman–Crippen MR) is 58.0 cm³/mol. The van der Waals surface area contributed by atoms with E-state index in [-0.39, 0.29) is 0 Å². The monoisotopic (exact) mass is 184 g/mol. The van der Waals surface area contributed by atoms with Crippen molar-refractivity contribution >= 4 is 0 Å². The zero-order valence-corrected chi connectivity index (χ0v) is 9.51. The van der Waals surface area contributed by atoms with Gasteiger partial charge in [-0.2, -0.15) is 0 Å². The van der Waals surface area contributed by atoms with Crippen molar-refractivity contribution in [3.63, 3.8) is 0 Å². The fraction of sp³-hybridized carbons (Fsp3) is 1.00. The van der Waals surface area contributed by atoms with Crippen LogP contribution in [0, 0.1) is 5.92 Å². The van der Waals surface area contributed by atoms with E-state index in [1.54, 1.807) is 0 Å². The highest BCUT2D eigenvalue weighted by atomic mass is 15.2. The van der Waals surface area contributed by atoms with Crippen molar-refractivity contribution in [2.75, 3.05) is 20.1 Å². The molecule has 0 amide bonds. The molecular weight excluding hydrogens is 160 g/mol. The summed E-state index contributed by atoms with van der Waals surface area (Å²) in [6, 6.07) is 1.44. The van der Waals surface area contributed by atoms with Gasteiger partial charge in [0, 0.05) is 18.6 Å². The van der Waals surface area contributed by atoms with E-state index in [1.807, 2.05) is 0 Å². The van der Waals surface area contributed by atoms with Crippen molar-refractivity contribution in [3.05, 3.63) is 0 Å². The Hall–Kier alpha value is -0.0800. The number of nitrogens with one attached hydrogen (secondary N) is 1. The number of nitrogens with zero attached hydrogens (tertiary/aromatic N) is 1. The van der Waals surface area contributed by atoms with Crippen LogP contribution in [0.5, 0.6) is 0 Å². The molecule has 78 valence electrons. The molecule has 0 bridgehead atoms. The van der Waals surface area contributed by atoms with Gasteiger partial charge in [0.1, 0.15) is 0 Å². The van der Waals surface area contributed by atoms with Gasteiger partial charge < -0.3 is 10.2 Å². The van der Waals surface area contributed by atoms with Gasteiger partial charge in [0.05, 0.1) is 0 Å². The summed E-state index contributed by atoms with van der Waals surface area (Å²) in [6.07, 6.45) is 2.59. The average Bonchev–Trinajstić information content (AvgIpc) is 2.50. The molecule has 1 aliphatic heterocycles. The molecule has 2 nitrogen and oxygen atoms in total. The molecule has 0 spiro atoms. The lowest BCUT2D eigenvalue weighted by Crippen LogP contribution is -2.41. The van der Waals surface area contributed by atoms with Gasteiger partial charge in [-0.3, -0.25) is 0 Å². The van der Waals surface area contributed by atoms with E-state index in [0.717, 1.165) is 18.0 Å². The predicted octanol–water partition coefficient (Wildman–Crippen LogP) is 1.71. The maximum atomic E-state index is 3.57. The molecule has 1 aliphatic rings. The highest BCUT2D eigenvalue weighted by Gasteiger charge is 2.24. The Balaban J connectivity index is 2.30. The van der Waals surface area contributed by atoms with Crippen molar-refractivity contribution in [2.45, 2.75) is 45.7 Å². The number of rotatable bonds is 4. The molecule has 3 unspecified atom stereocenters. The second-order valence-corrected chi connectivity index (χ2v) is 4.52. The number of hydrogen-bond donors (Lipinski definition) is 1. The third-order valence-corrected chi connectivity index (χ3v) is 3.52. The number of likely N-dealkylation sites (N-methyl/N-ethyl adjacent to an activating group) is 1. The lowest BCUT2D eigenvalue weighted by molar-refractivity contribution is 0.217. The third kappa shape index (κ3) is 2.96. The van der Waals surface area contributed by atoms with Crippen LogP contribution in [0.1, 0.15) is 33.6 Å². The van der Waals surface area contributed by atoms with Crippen molar-refractivity contribution in [3.8, 4) is 0 Å². The SMILES string of the molecule is CCC(C)N(C)CC1NCCC1C. The molecule has 0 saturated carbocycles. The van der Waals surface area contributed by atoms with Crippen LogP contribution in [0.3, 0.4) is 0 Å². The van der Waals surface area contributed by atoms with Gasteiger partial charge in [-0.15, -0.1) is 0 Å². The Kier molecular flexibility index (Phi) is 4.20. The Labute approximate surface area is 82.7 Å². The molecule has 1 saturated heterocycles. The first-order chi connectivity index (χ1) is 6.15. The second-order valence-electron chi connectivity index (χ2n) is 4.52. The smallest absolute Gasteiger partial charge is 0.0221 e. The molecule has 3 atom stereocenters. The van der Waals surface area contributed by atoms with E-state index in [0.29, 0.717) is 0 Å². The largest absolute Gasteiger partial charge is 0.312 e. The Morgan fingerprint density at radius 3 is 2.69 bits per heavy atom. The van der Waals surface area contributed by atoms with E-state index in [9.17, 15) is 0 Å². The molecule has 0 aromatic rings. The topological polar surface area (TPSA) is 15.3 Å². The van der Waals surface area contributed by atoms with Crippen LogP contribution in [-0.4, -0.2) is 37.1 Å². The summed E-state index contributed by atoms with van der Waals surface area (Å²) < 4.78 is 0. The van der Waals surface area contributed by atoms with Gasteiger partial charge in [0.25, 0.3) is 0 Å². The van der Waals surface area contributed by atoms with E-state index in [2.05, 4.69) is 38.0 Å². The van der Waals surface area contributed by atoms with E-state index in [4.69, 9.17) is 0 Å². The van der Waals surface area contributed by atoms with E-state index >= 15 is 0 Å². The lowest BCUT2D eigenvalue weighted by Gasteiger charge is -2.28. The molecule has 1 heterocycles. The maximum Gasteiger partial charge on any atom is 0.0221 e. The zero-order valence-electron chi connectivity index (χ0n) is 9.51. The van der Waals surface area contributed by atoms with Crippen LogP contribution in [0.4, 0.5) is 0 Å². The van der Waals surface area contributed by atoms with Crippen LogP contribution in [0.25, 0.3) is 0 Å². The van der Waals surface area contributed by atoms with E-state index in [1.165, 1.54) is 25.9 Å². The van der Waals surface area contributed by atoms with Gasteiger partial charge in [-0.1, -0.05) is 13.8 Å². The summed E-state index contributed by atoms with van der Waals surface area (Å²) in [5.41, 5.74) is 0. The third-order valence-electron chi connectivity index (χ3n) is 3.52. The van der Waals surface area contributed by atoms with Crippen LogP contribution in [-0.2, 0) is 0 Å². The molecular formula is C11H24N2. The summed E-state index contributed by atoms with van der Waals surface area (Å²) in [4.78, 5) is 2.47. The van der Waals surface area contributed by atoms with Gasteiger partial charge in [-0.25, -0.2) is 0 Å². The van der Waals surface area contributed by atoms with Gasteiger partial charge in [0.2, 0.25) is 0 Å². The van der Waals surface area contributed by atoms with Gasteiger partial charge >= 0.3 is 0 Å². The Morgan fingerprint density at radius 2 is 2.23 bits per heavy atom. The minimum atomic E-state index is 0.717. The minimum absolute atomic E-state index is 0.717. The maximum absolute atomic E-state index is 3.57. The second kappa shape index (κ2) is 4.97. The Bertz CT molecular complexity index is 147.